The summed E-state index contributed by atoms with van der Waals surface area (Å²) in [5.41, 5.74) is 1.86. The quantitative estimate of drug-likeness (QED) is 0.720. The molecule has 4 rings (SSSR count). The summed E-state index contributed by atoms with van der Waals surface area (Å²) in [6, 6.07) is 2.58. The molecule has 1 amide bonds. The van der Waals surface area contributed by atoms with E-state index in [0.29, 0.717) is 35.6 Å². The zero-order valence-electron chi connectivity index (χ0n) is 17.0. The van der Waals surface area contributed by atoms with Gasteiger partial charge in [0, 0.05) is 36.1 Å². The minimum Gasteiger partial charge on any atom is -0.319 e. The molecule has 1 saturated carbocycles. The number of likely N-dealkylation sites (tertiary alicyclic amines) is 1. The van der Waals surface area contributed by atoms with Gasteiger partial charge in [0.15, 0.2) is 0 Å². The first-order chi connectivity index (χ1) is 14.2. The fourth-order valence-electron chi connectivity index (χ4n) is 4.19. The molecule has 0 spiro atoms. The van der Waals surface area contributed by atoms with Gasteiger partial charge in [-0.1, -0.05) is 0 Å². The van der Waals surface area contributed by atoms with Crippen LogP contribution >= 0.6 is 11.3 Å². The van der Waals surface area contributed by atoms with Gasteiger partial charge < -0.3 is 10.6 Å². The number of carbonyl (C=O) groups excluding carboxylic acids is 1. The predicted octanol–water partition coefficient (Wildman–Crippen LogP) is 3.51. The number of halogens is 3. The normalized spacial score (nSPS) is 23.0. The molecule has 0 bridgehead atoms. The summed E-state index contributed by atoms with van der Waals surface area (Å²) in [6.07, 6.45) is 1.71. The van der Waals surface area contributed by atoms with E-state index in [0.717, 1.165) is 24.1 Å². The molecule has 1 saturated heterocycles. The second-order valence-electron chi connectivity index (χ2n) is 8.26. The molecule has 1 aliphatic carbocycles. The van der Waals surface area contributed by atoms with Gasteiger partial charge in [-0.2, -0.15) is 18.3 Å². The standard InChI is InChI=1S/C20H26F3N5OS/c1-12-15(8-18(30-12)19(29)26-14-9-24-27(2)10-14)16-7-17(16)25-13-3-5-28(6-4-13)11-20(21,22)23/h8-10,13,16-17,25H,3-7,11H2,1-2H3,(H,26,29). The van der Waals surface area contributed by atoms with E-state index >= 15 is 0 Å². The van der Waals surface area contributed by atoms with Crippen molar-refractivity contribution in [2.45, 2.75) is 50.4 Å². The summed E-state index contributed by atoms with van der Waals surface area (Å²) < 4.78 is 39.2. The van der Waals surface area contributed by atoms with Gasteiger partial charge >= 0.3 is 6.18 Å². The molecule has 2 unspecified atom stereocenters. The third-order valence-corrected chi connectivity index (χ3v) is 6.84. The Labute approximate surface area is 177 Å². The molecule has 6 nitrogen and oxygen atoms in total. The highest BCUT2D eigenvalue weighted by Gasteiger charge is 2.42. The molecule has 30 heavy (non-hydrogen) atoms. The van der Waals surface area contributed by atoms with E-state index in [1.165, 1.54) is 21.8 Å². The smallest absolute Gasteiger partial charge is 0.319 e. The predicted molar refractivity (Wildman–Crippen MR) is 110 cm³/mol. The van der Waals surface area contributed by atoms with E-state index < -0.39 is 12.7 Å². The van der Waals surface area contributed by atoms with E-state index in [9.17, 15) is 18.0 Å². The maximum atomic E-state index is 12.5. The largest absolute Gasteiger partial charge is 0.401 e. The number of amides is 1. The maximum Gasteiger partial charge on any atom is 0.401 e. The summed E-state index contributed by atoms with van der Waals surface area (Å²) in [5.74, 6) is 0.235. The first-order valence-corrected chi connectivity index (χ1v) is 10.9. The Morgan fingerprint density at radius 1 is 1.33 bits per heavy atom. The van der Waals surface area contributed by atoms with E-state index in [4.69, 9.17) is 0 Å². The van der Waals surface area contributed by atoms with Gasteiger partial charge in [0.25, 0.3) is 5.91 Å². The van der Waals surface area contributed by atoms with Crippen LogP contribution < -0.4 is 10.6 Å². The van der Waals surface area contributed by atoms with Crippen molar-refractivity contribution in [3.63, 3.8) is 0 Å². The third kappa shape index (κ3) is 5.22. The number of thiophene rings is 1. The van der Waals surface area contributed by atoms with E-state index in [-0.39, 0.29) is 11.9 Å². The molecule has 164 valence electrons. The number of alkyl halides is 3. The number of hydrogen-bond acceptors (Lipinski definition) is 5. The lowest BCUT2D eigenvalue weighted by atomic mass is 10.0. The summed E-state index contributed by atoms with van der Waals surface area (Å²) in [5, 5.41) is 10.5. The van der Waals surface area contributed by atoms with Crippen LogP contribution in [0.5, 0.6) is 0 Å². The maximum absolute atomic E-state index is 12.5. The van der Waals surface area contributed by atoms with Crippen molar-refractivity contribution >= 4 is 22.9 Å². The number of nitrogens with one attached hydrogen (secondary N) is 2. The molecule has 3 heterocycles. The third-order valence-electron chi connectivity index (χ3n) is 5.77. The van der Waals surface area contributed by atoms with Crippen molar-refractivity contribution < 1.29 is 18.0 Å². The van der Waals surface area contributed by atoms with E-state index in [1.807, 2.05) is 13.0 Å². The highest BCUT2D eigenvalue weighted by atomic mass is 32.1. The summed E-state index contributed by atoms with van der Waals surface area (Å²) >= 11 is 1.49. The van der Waals surface area contributed by atoms with Crippen LogP contribution in [0, 0.1) is 6.92 Å². The van der Waals surface area contributed by atoms with Gasteiger partial charge in [0.2, 0.25) is 0 Å². The van der Waals surface area contributed by atoms with E-state index in [1.54, 1.807) is 24.1 Å². The van der Waals surface area contributed by atoms with Crippen LogP contribution in [0.25, 0.3) is 0 Å². The molecule has 0 aromatic carbocycles. The second kappa shape index (κ2) is 8.32. The first kappa shape index (κ1) is 21.3. The van der Waals surface area contributed by atoms with Gasteiger partial charge in [0.1, 0.15) is 0 Å². The topological polar surface area (TPSA) is 62.2 Å². The van der Waals surface area contributed by atoms with Gasteiger partial charge in [-0.15, -0.1) is 11.3 Å². The Balaban J connectivity index is 1.28. The summed E-state index contributed by atoms with van der Waals surface area (Å²) in [4.78, 5) is 15.8. The molecular formula is C20H26F3N5OS. The number of hydrogen-bond donors (Lipinski definition) is 2. The highest BCUT2D eigenvalue weighted by molar-refractivity contribution is 7.14. The van der Waals surface area contributed by atoms with Crippen LogP contribution in [0.4, 0.5) is 18.9 Å². The van der Waals surface area contributed by atoms with Gasteiger partial charge in [-0.3, -0.25) is 14.4 Å². The fourth-order valence-corrected chi connectivity index (χ4v) is 5.18. The van der Waals surface area contributed by atoms with Crippen molar-refractivity contribution in [3.05, 3.63) is 33.8 Å². The molecule has 2 atom stereocenters. The molecule has 2 N–H and O–H groups in total. The minimum absolute atomic E-state index is 0.135. The number of carbonyl (C=O) groups is 1. The van der Waals surface area contributed by atoms with Crippen molar-refractivity contribution in [1.29, 1.82) is 0 Å². The first-order valence-electron chi connectivity index (χ1n) is 10.1. The van der Waals surface area contributed by atoms with E-state index in [2.05, 4.69) is 15.7 Å². The SMILES string of the molecule is Cc1sc(C(=O)Nc2cnn(C)c2)cc1C1CC1NC1CCN(CC(F)(F)F)CC1. The summed E-state index contributed by atoms with van der Waals surface area (Å²) in [7, 11) is 1.80. The zero-order chi connectivity index (χ0) is 21.5. The van der Waals surface area contributed by atoms with Gasteiger partial charge in [-0.25, -0.2) is 0 Å². The molecule has 2 aromatic rings. The number of nitrogens with zero attached hydrogens (tertiary/aromatic N) is 3. The number of aromatic nitrogens is 2. The second-order valence-corrected chi connectivity index (χ2v) is 9.52. The lowest BCUT2D eigenvalue weighted by Crippen LogP contribution is -2.46. The number of piperidine rings is 1. The Morgan fingerprint density at radius 3 is 2.70 bits per heavy atom. The Morgan fingerprint density at radius 2 is 2.07 bits per heavy atom. The average Bonchev–Trinajstić information content (AvgIpc) is 3.10. The number of aryl methyl sites for hydroxylation is 2. The van der Waals surface area contributed by atoms with Crippen LogP contribution in [-0.2, 0) is 7.05 Å². The van der Waals surface area contributed by atoms with Crippen molar-refractivity contribution in [2.75, 3.05) is 25.0 Å². The van der Waals surface area contributed by atoms with Crippen LogP contribution in [0.1, 0.15) is 45.3 Å². The molecule has 0 radical (unpaired) electrons. The monoisotopic (exact) mass is 441 g/mol. The fraction of sp³-hybridized carbons (Fsp3) is 0.600. The lowest BCUT2D eigenvalue weighted by Gasteiger charge is -2.33. The van der Waals surface area contributed by atoms with Gasteiger partial charge in [-0.05, 0) is 50.9 Å². The Kier molecular flexibility index (Phi) is 5.91. The Bertz CT molecular complexity index is 901. The van der Waals surface area contributed by atoms with Crippen molar-refractivity contribution in [3.8, 4) is 0 Å². The van der Waals surface area contributed by atoms with Crippen LogP contribution in [0.3, 0.4) is 0 Å². The molecule has 1 aliphatic heterocycles. The molecule has 10 heteroatoms. The van der Waals surface area contributed by atoms with Crippen molar-refractivity contribution in [2.24, 2.45) is 7.05 Å². The van der Waals surface area contributed by atoms with Crippen LogP contribution in [0.2, 0.25) is 0 Å². The molecule has 2 aromatic heterocycles. The zero-order valence-corrected chi connectivity index (χ0v) is 17.8. The Hall–Kier alpha value is -1.91. The van der Waals surface area contributed by atoms with Crippen LogP contribution in [0.15, 0.2) is 18.5 Å². The van der Waals surface area contributed by atoms with Crippen molar-refractivity contribution in [1.82, 2.24) is 20.0 Å². The molecule has 2 fully saturated rings. The average molecular weight is 442 g/mol. The molecular weight excluding hydrogens is 415 g/mol. The lowest BCUT2D eigenvalue weighted by molar-refractivity contribution is -0.148. The summed E-state index contributed by atoms with van der Waals surface area (Å²) in [6.45, 7) is 2.17. The number of rotatable bonds is 6. The highest BCUT2D eigenvalue weighted by Crippen LogP contribution is 2.45. The number of anilines is 1. The molecule has 2 aliphatic rings. The minimum atomic E-state index is -4.13. The van der Waals surface area contributed by atoms with Crippen LogP contribution in [-0.4, -0.2) is 58.5 Å². The van der Waals surface area contributed by atoms with Gasteiger partial charge in [0.05, 0.1) is 23.3 Å².